The van der Waals surface area contributed by atoms with Gasteiger partial charge in [0, 0.05) is 11.8 Å². The van der Waals surface area contributed by atoms with E-state index in [0.717, 1.165) is 5.56 Å². The first-order valence-corrected chi connectivity index (χ1v) is 6.42. The van der Waals surface area contributed by atoms with Crippen molar-refractivity contribution in [3.8, 4) is 5.75 Å². The normalized spacial score (nSPS) is 12.9. The Bertz CT molecular complexity index is 711. The average molecular weight is 283 g/mol. The van der Waals surface area contributed by atoms with Gasteiger partial charge in [-0.25, -0.2) is 4.98 Å². The lowest BCUT2D eigenvalue weighted by Crippen LogP contribution is -2.25. The number of nitrogens with zero attached hydrogens (tertiary/aromatic N) is 1. The molecule has 106 valence electrons. The van der Waals surface area contributed by atoms with E-state index in [-0.39, 0.29) is 18.4 Å². The standard InChI is InChI=1S/C15H13N3O3/c1-9-2-5-13(16-7-9)18-15(20)10-3-4-12-11(6-10)17-14(19)8-21-12/h2-7H,8H2,1H3,(H,17,19)(H,16,18,20). The molecule has 3 rings (SSSR count). The molecule has 0 saturated carbocycles. The molecule has 1 aliphatic heterocycles. The summed E-state index contributed by atoms with van der Waals surface area (Å²) < 4.78 is 5.25. The van der Waals surface area contributed by atoms with Gasteiger partial charge in [-0.2, -0.15) is 0 Å². The van der Waals surface area contributed by atoms with Crippen molar-refractivity contribution in [3.05, 3.63) is 47.7 Å². The summed E-state index contributed by atoms with van der Waals surface area (Å²) in [7, 11) is 0. The molecular weight excluding hydrogens is 270 g/mol. The Labute approximate surface area is 121 Å². The zero-order valence-corrected chi connectivity index (χ0v) is 11.3. The van der Waals surface area contributed by atoms with Crippen molar-refractivity contribution in [2.24, 2.45) is 0 Å². The van der Waals surface area contributed by atoms with Crippen molar-refractivity contribution in [1.82, 2.24) is 4.98 Å². The SMILES string of the molecule is Cc1ccc(NC(=O)c2ccc3c(c2)NC(=O)CO3)nc1. The highest BCUT2D eigenvalue weighted by atomic mass is 16.5. The van der Waals surface area contributed by atoms with E-state index < -0.39 is 0 Å². The molecule has 2 amide bonds. The number of benzene rings is 1. The number of nitrogens with one attached hydrogen (secondary N) is 2. The minimum Gasteiger partial charge on any atom is -0.482 e. The number of aryl methyl sites for hydroxylation is 1. The predicted molar refractivity (Wildman–Crippen MR) is 77.5 cm³/mol. The highest BCUT2D eigenvalue weighted by Gasteiger charge is 2.17. The molecule has 1 aromatic carbocycles. The monoisotopic (exact) mass is 283 g/mol. The van der Waals surface area contributed by atoms with Crippen molar-refractivity contribution in [2.75, 3.05) is 17.2 Å². The van der Waals surface area contributed by atoms with Crippen LogP contribution in [-0.4, -0.2) is 23.4 Å². The van der Waals surface area contributed by atoms with Gasteiger partial charge in [0.2, 0.25) is 0 Å². The Morgan fingerprint density at radius 1 is 1.33 bits per heavy atom. The first-order chi connectivity index (χ1) is 10.1. The molecule has 0 aliphatic carbocycles. The van der Waals surface area contributed by atoms with Crippen molar-refractivity contribution in [3.63, 3.8) is 0 Å². The molecule has 6 nitrogen and oxygen atoms in total. The van der Waals surface area contributed by atoms with Gasteiger partial charge in [-0.3, -0.25) is 9.59 Å². The number of aromatic nitrogens is 1. The second-order valence-corrected chi connectivity index (χ2v) is 4.72. The Kier molecular flexibility index (Phi) is 3.27. The van der Waals surface area contributed by atoms with Gasteiger partial charge in [0.25, 0.3) is 11.8 Å². The zero-order valence-electron chi connectivity index (χ0n) is 11.3. The van der Waals surface area contributed by atoms with E-state index in [1.54, 1.807) is 30.5 Å². The van der Waals surface area contributed by atoms with E-state index in [0.29, 0.717) is 22.8 Å². The van der Waals surface area contributed by atoms with Gasteiger partial charge in [0.05, 0.1) is 5.69 Å². The zero-order chi connectivity index (χ0) is 14.8. The molecule has 0 fully saturated rings. The quantitative estimate of drug-likeness (QED) is 0.883. The van der Waals surface area contributed by atoms with Gasteiger partial charge in [-0.05, 0) is 36.8 Å². The number of fused-ring (bicyclic) bond motifs is 1. The number of hydrogen-bond acceptors (Lipinski definition) is 4. The third kappa shape index (κ3) is 2.84. The largest absolute Gasteiger partial charge is 0.482 e. The minimum atomic E-state index is -0.297. The van der Waals surface area contributed by atoms with Crippen LogP contribution in [0.4, 0.5) is 11.5 Å². The van der Waals surface area contributed by atoms with E-state index in [4.69, 9.17) is 4.74 Å². The van der Waals surface area contributed by atoms with Gasteiger partial charge in [-0.15, -0.1) is 0 Å². The number of rotatable bonds is 2. The molecule has 2 aromatic rings. The maximum absolute atomic E-state index is 12.2. The summed E-state index contributed by atoms with van der Waals surface area (Å²) in [5.74, 6) is 0.498. The second-order valence-electron chi connectivity index (χ2n) is 4.72. The molecule has 1 aromatic heterocycles. The van der Waals surface area contributed by atoms with Gasteiger partial charge in [0.1, 0.15) is 11.6 Å². The molecule has 2 heterocycles. The van der Waals surface area contributed by atoms with Crippen LogP contribution in [0.1, 0.15) is 15.9 Å². The number of carbonyl (C=O) groups is 2. The average Bonchev–Trinajstić information content (AvgIpc) is 2.48. The Morgan fingerprint density at radius 2 is 2.19 bits per heavy atom. The van der Waals surface area contributed by atoms with Crippen molar-refractivity contribution in [2.45, 2.75) is 6.92 Å². The predicted octanol–water partition coefficient (Wildman–Crippen LogP) is 1.97. The van der Waals surface area contributed by atoms with Crippen LogP contribution in [0.5, 0.6) is 5.75 Å². The first kappa shape index (κ1) is 13.1. The third-order valence-corrected chi connectivity index (χ3v) is 3.03. The Hall–Kier alpha value is -2.89. The maximum Gasteiger partial charge on any atom is 0.262 e. The summed E-state index contributed by atoms with van der Waals surface area (Å²) in [4.78, 5) is 27.6. The van der Waals surface area contributed by atoms with Crippen LogP contribution in [-0.2, 0) is 4.79 Å². The van der Waals surface area contributed by atoms with Crippen LogP contribution in [0, 0.1) is 6.92 Å². The van der Waals surface area contributed by atoms with Gasteiger partial charge in [0.15, 0.2) is 6.61 Å². The third-order valence-electron chi connectivity index (χ3n) is 3.03. The molecule has 1 aliphatic rings. The highest BCUT2D eigenvalue weighted by Crippen LogP contribution is 2.28. The van der Waals surface area contributed by atoms with Crippen LogP contribution in [0.25, 0.3) is 0 Å². The number of hydrogen-bond donors (Lipinski definition) is 2. The maximum atomic E-state index is 12.2. The molecule has 0 saturated heterocycles. The van der Waals surface area contributed by atoms with Gasteiger partial charge < -0.3 is 15.4 Å². The lowest BCUT2D eigenvalue weighted by molar-refractivity contribution is -0.118. The number of pyridine rings is 1. The van der Waals surface area contributed by atoms with E-state index in [1.807, 2.05) is 13.0 Å². The van der Waals surface area contributed by atoms with E-state index in [9.17, 15) is 9.59 Å². The molecule has 0 atom stereocenters. The summed E-state index contributed by atoms with van der Waals surface area (Å²) in [6.45, 7) is 1.91. The first-order valence-electron chi connectivity index (χ1n) is 6.42. The van der Waals surface area contributed by atoms with Crippen molar-refractivity contribution < 1.29 is 14.3 Å². The number of anilines is 2. The molecule has 21 heavy (non-hydrogen) atoms. The number of carbonyl (C=O) groups excluding carboxylic acids is 2. The highest BCUT2D eigenvalue weighted by molar-refractivity contribution is 6.05. The second kappa shape index (κ2) is 5.24. The van der Waals surface area contributed by atoms with E-state index in [1.165, 1.54) is 0 Å². The van der Waals surface area contributed by atoms with Crippen LogP contribution < -0.4 is 15.4 Å². The summed E-state index contributed by atoms with van der Waals surface area (Å²) >= 11 is 0. The fourth-order valence-electron chi connectivity index (χ4n) is 1.95. The van der Waals surface area contributed by atoms with Crippen molar-refractivity contribution in [1.29, 1.82) is 0 Å². The number of ether oxygens (including phenoxy) is 1. The Balaban J connectivity index is 1.80. The van der Waals surface area contributed by atoms with Gasteiger partial charge >= 0.3 is 0 Å². The van der Waals surface area contributed by atoms with Crippen LogP contribution in [0.3, 0.4) is 0 Å². The van der Waals surface area contributed by atoms with Crippen molar-refractivity contribution >= 4 is 23.3 Å². The molecule has 0 unspecified atom stereocenters. The minimum absolute atomic E-state index is 0.00811. The Morgan fingerprint density at radius 3 is 2.95 bits per heavy atom. The molecule has 2 N–H and O–H groups in total. The molecule has 0 spiro atoms. The van der Waals surface area contributed by atoms with Crippen LogP contribution in [0.2, 0.25) is 0 Å². The summed E-state index contributed by atoms with van der Waals surface area (Å²) in [5.41, 5.74) is 1.93. The molecular formula is C15H13N3O3. The van der Waals surface area contributed by atoms with E-state index in [2.05, 4.69) is 15.6 Å². The summed E-state index contributed by atoms with van der Waals surface area (Å²) in [6, 6.07) is 8.47. The lowest BCUT2D eigenvalue weighted by Gasteiger charge is -2.18. The summed E-state index contributed by atoms with van der Waals surface area (Å²) in [6.07, 6.45) is 1.68. The topological polar surface area (TPSA) is 80.3 Å². The number of amides is 2. The van der Waals surface area contributed by atoms with E-state index >= 15 is 0 Å². The summed E-state index contributed by atoms with van der Waals surface area (Å²) in [5, 5.41) is 5.37. The van der Waals surface area contributed by atoms with Crippen LogP contribution >= 0.6 is 0 Å². The fraction of sp³-hybridized carbons (Fsp3) is 0.133. The molecule has 0 bridgehead atoms. The van der Waals surface area contributed by atoms with Gasteiger partial charge in [-0.1, -0.05) is 6.07 Å². The molecule has 6 heteroatoms. The lowest BCUT2D eigenvalue weighted by atomic mass is 10.1. The smallest absolute Gasteiger partial charge is 0.262 e. The fourth-order valence-corrected chi connectivity index (χ4v) is 1.95. The molecule has 0 radical (unpaired) electrons. The van der Waals surface area contributed by atoms with Crippen LogP contribution in [0.15, 0.2) is 36.5 Å².